The number of non-ortho nitro benzene ring substituents is 2. The Kier molecular flexibility index (Phi) is 6.09. The Labute approximate surface area is 179 Å². The number of carbonyl (C=O) groups excluding carboxylic acids is 1. The van der Waals surface area contributed by atoms with Crippen molar-refractivity contribution in [2.24, 2.45) is 0 Å². The van der Waals surface area contributed by atoms with Crippen molar-refractivity contribution in [2.75, 3.05) is 5.32 Å². The highest BCUT2D eigenvalue weighted by Gasteiger charge is 2.15. The Morgan fingerprint density at radius 3 is 2.26 bits per heavy atom. The van der Waals surface area contributed by atoms with E-state index in [-0.39, 0.29) is 33.4 Å². The Hall–Kier alpha value is -4.49. The summed E-state index contributed by atoms with van der Waals surface area (Å²) < 4.78 is 5.59. The number of furan rings is 1. The van der Waals surface area contributed by atoms with Gasteiger partial charge >= 0.3 is 0 Å². The molecular weight excluding hydrogens is 428 g/mol. The third-order valence-corrected chi connectivity index (χ3v) is 4.37. The van der Waals surface area contributed by atoms with Crippen molar-refractivity contribution in [1.29, 1.82) is 5.26 Å². The zero-order valence-electron chi connectivity index (χ0n) is 15.4. The molecule has 0 aliphatic rings. The maximum absolute atomic E-state index is 12.4. The molecule has 0 bridgehead atoms. The van der Waals surface area contributed by atoms with Crippen LogP contribution in [0, 0.1) is 31.6 Å². The van der Waals surface area contributed by atoms with Crippen LogP contribution in [-0.4, -0.2) is 15.8 Å². The molecule has 0 saturated heterocycles. The molecule has 1 aromatic heterocycles. The maximum Gasteiger partial charge on any atom is 0.271 e. The molecule has 1 heterocycles. The standard InChI is InChI=1S/C20H11ClN4O6/c21-17-10-15(25(29)30)5-7-18(17)23-20(26)13(11-22)9-16-6-8-19(31-16)12-1-3-14(4-2-12)24(27)28/h1-10H,(H,23,26). The average molecular weight is 439 g/mol. The fourth-order valence-electron chi connectivity index (χ4n) is 2.53. The number of rotatable bonds is 6. The number of nitro groups is 2. The van der Waals surface area contributed by atoms with E-state index in [9.17, 15) is 30.3 Å². The van der Waals surface area contributed by atoms with Gasteiger partial charge < -0.3 is 9.73 Å². The highest BCUT2D eigenvalue weighted by Crippen LogP contribution is 2.28. The van der Waals surface area contributed by atoms with Crippen LogP contribution in [-0.2, 0) is 4.79 Å². The molecule has 0 radical (unpaired) electrons. The van der Waals surface area contributed by atoms with Gasteiger partial charge in [0.25, 0.3) is 17.3 Å². The monoisotopic (exact) mass is 438 g/mol. The van der Waals surface area contributed by atoms with Crippen molar-refractivity contribution in [3.05, 3.63) is 91.2 Å². The van der Waals surface area contributed by atoms with Gasteiger partial charge in [-0.3, -0.25) is 25.0 Å². The first-order valence-electron chi connectivity index (χ1n) is 8.50. The molecule has 0 fully saturated rings. The number of benzene rings is 2. The molecule has 11 heteroatoms. The number of halogens is 1. The van der Waals surface area contributed by atoms with E-state index in [4.69, 9.17) is 16.0 Å². The fourth-order valence-corrected chi connectivity index (χ4v) is 2.75. The normalized spacial score (nSPS) is 10.9. The number of amides is 1. The minimum Gasteiger partial charge on any atom is -0.457 e. The van der Waals surface area contributed by atoms with Gasteiger partial charge in [0, 0.05) is 35.9 Å². The summed E-state index contributed by atoms with van der Waals surface area (Å²) in [5, 5.41) is 33.2. The zero-order valence-corrected chi connectivity index (χ0v) is 16.2. The van der Waals surface area contributed by atoms with E-state index in [1.165, 1.54) is 48.5 Å². The van der Waals surface area contributed by atoms with Crippen molar-refractivity contribution in [2.45, 2.75) is 0 Å². The van der Waals surface area contributed by atoms with Gasteiger partial charge in [-0.25, -0.2) is 0 Å². The molecule has 0 unspecified atom stereocenters. The Morgan fingerprint density at radius 2 is 1.68 bits per heavy atom. The molecule has 3 rings (SSSR count). The molecule has 154 valence electrons. The second kappa shape index (κ2) is 8.89. The molecule has 0 aliphatic carbocycles. The number of nitriles is 1. The smallest absolute Gasteiger partial charge is 0.271 e. The lowest BCUT2D eigenvalue weighted by Gasteiger charge is -2.06. The number of nitrogens with zero attached hydrogens (tertiary/aromatic N) is 3. The third kappa shape index (κ3) is 4.92. The summed E-state index contributed by atoms with van der Waals surface area (Å²) in [5.74, 6) is -0.196. The van der Waals surface area contributed by atoms with Crippen molar-refractivity contribution >= 4 is 40.6 Å². The molecule has 0 spiro atoms. The van der Waals surface area contributed by atoms with Crippen LogP contribution in [0.15, 0.2) is 64.6 Å². The Morgan fingerprint density at radius 1 is 1.03 bits per heavy atom. The lowest BCUT2D eigenvalue weighted by atomic mass is 10.1. The van der Waals surface area contributed by atoms with E-state index >= 15 is 0 Å². The number of hydrogen-bond acceptors (Lipinski definition) is 7. The summed E-state index contributed by atoms with van der Waals surface area (Å²) in [4.78, 5) is 32.8. The van der Waals surface area contributed by atoms with Crippen molar-refractivity contribution in [3.8, 4) is 17.4 Å². The van der Waals surface area contributed by atoms with E-state index in [1.807, 2.05) is 0 Å². The summed E-state index contributed by atoms with van der Waals surface area (Å²) in [6.07, 6.45) is 1.21. The number of nitro benzene ring substituents is 2. The van der Waals surface area contributed by atoms with Gasteiger partial charge in [-0.15, -0.1) is 0 Å². The first-order chi connectivity index (χ1) is 14.8. The molecule has 31 heavy (non-hydrogen) atoms. The SMILES string of the molecule is N#CC(=Cc1ccc(-c2ccc([N+](=O)[O-])cc2)o1)C(=O)Nc1ccc([N+](=O)[O-])cc1Cl. The first kappa shape index (κ1) is 21.2. The zero-order chi connectivity index (χ0) is 22.5. The second-order valence-corrected chi connectivity index (χ2v) is 6.46. The number of carbonyl (C=O) groups is 1. The van der Waals surface area contributed by atoms with Gasteiger partial charge in [-0.2, -0.15) is 5.26 Å². The van der Waals surface area contributed by atoms with Gasteiger partial charge in [0.2, 0.25) is 0 Å². The molecule has 1 amide bonds. The number of hydrogen-bond donors (Lipinski definition) is 1. The van der Waals surface area contributed by atoms with Crippen LogP contribution in [0.4, 0.5) is 17.1 Å². The van der Waals surface area contributed by atoms with Crippen LogP contribution in [0.5, 0.6) is 0 Å². The van der Waals surface area contributed by atoms with Crippen LogP contribution < -0.4 is 5.32 Å². The summed E-state index contributed by atoms with van der Waals surface area (Å²) in [7, 11) is 0. The van der Waals surface area contributed by atoms with Gasteiger partial charge in [0.1, 0.15) is 23.2 Å². The third-order valence-electron chi connectivity index (χ3n) is 4.05. The van der Waals surface area contributed by atoms with Crippen LogP contribution in [0.25, 0.3) is 17.4 Å². The first-order valence-corrected chi connectivity index (χ1v) is 8.88. The molecule has 10 nitrogen and oxygen atoms in total. The lowest BCUT2D eigenvalue weighted by molar-refractivity contribution is -0.385. The fraction of sp³-hybridized carbons (Fsp3) is 0. The van der Waals surface area contributed by atoms with Gasteiger partial charge in [-0.1, -0.05) is 11.6 Å². The largest absolute Gasteiger partial charge is 0.457 e. The Bertz CT molecular complexity index is 1260. The molecular formula is C20H11ClN4O6. The van der Waals surface area contributed by atoms with Crippen LogP contribution in [0.1, 0.15) is 5.76 Å². The Balaban J connectivity index is 1.79. The molecule has 0 saturated carbocycles. The van der Waals surface area contributed by atoms with Crippen molar-refractivity contribution < 1.29 is 19.1 Å². The van der Waals surface area contributed by atoms with Crippen LogP contribution in [0.3, 0.4) is 0 Å². The van der Waals surface area contributed by atoms with Gasteiger partial charge in [0.05, 0.1) is 20.6 Å². The molecule has 3 aromatic rings. The van der Waals surface area contributed by atoms with E-state index in [2.05, 4.69) is 5.32 Å². The van der Waals surface area contributed by atoms with Crippen molar-refractivity contribution in [1.82, 2.24) is 0 Å². The van der Waals surface area contributed by atoms with Gasteiger partial charge in [0.15, 0.2) is 0 Å². The predicted molar refractivity (Wildman–Crippen MR) is 111 cm³/mol. The second-order valence-electron chi connectivity index (χ2n) is 6.05. The minimum absolute atomic E-state index is 0.0571. The number of nitrogens with one attached hydrogen (secondary N) is 1. The van der Waals surface area contributed by atoms with E-state index < -0.39 is 15.8 Å². The summed E-state index contributed by atoms with van der Waals surface area (Å²) in [6, 6.07) is 14.1. The number of anilines is 1. The summed E-state index contributed by atoms with van der Waals surface area (Å²) in [5.41, 5.74) is 0.0755. The summed E-state index contributed by atoms with van der Waals surface area (Å²) >= 11 is 5.95. The van der Waals surface area contributed by atoms with Crippen LogP contribution in [0.2, 0.25) is 5.02 Å². The maximum atomic E-state index is 12.4. The van der Waals surface area contributed by atoms with E-state index in [1.54, 1.807) is 12.1 Å². The highest BCUT2D eigenvalue weighted by molar-refractivity contribution is 6.34. The van der Waals surface area contributed by atoms with E-state index in [0.29, 0.717) is 11.3 Å². The van der Waals surface area contributed by atoms with E-state index in [0.717, 1.165) is 6.07 Å². The minimum atomic E-state index is -0.786. The van der Waals surface area contributed by atoms with Crippen molar-refractivity contribution in [3.63, 3.8) is 0 Å². The highest BCUT2D eigenvalue weighted by atomic mass is 35.5. The van der Waals surface area contributed by atoms with Gasteiger partial charge in [-0.05, 0) is 30.3 Å². The molecule has 2 aromatic carbocycles. The lowest BCUT2D eigenvalue weighted by Crippen LogP contribution is -2.13. The quantitative estimate of drug-likeness (QED) is 0.247. The predicted octanol–water partition coefficient (Wildman–Crippen LogP) is 4.96. The topological polar surface area (TPSA) is 152 Å². The molecule has 0 atom stereocenters. The molecule has 0 aliphatic heterocycles. The molecule has 1 N–H and O–H groups in total. The average Bonchev–Trinajstić information content (AvgIpc) is 3.22. The van der Waals surface area contributed by atoms with Crippen LogP contribution >= 0.6 is 11.6 Å². The summed E-state index contributed by atoms with van der Waals surface area (Å²) in [6.45, 7) is 0.